The zero-order chi connectivity index (χ0) is 10.5. The fraction of sp³-hybridized carbons (Fsp3) is 0.333. The first-order valence-corrected chi connectivity index (χ1v) is 5.15. The van der Waals surface area contributed by atoms with E-state index in [-0.39, 0.29) is 0 Å². The van der Waals surface area contributed by atoms with Crippen LogP contribution in [0, 0.1) is 6.10 Å². The van der Waals surface area contributed by atoms with Crippen LogP contribution in [0.4, 0.5) is 0 Å². The van der Waals surface area contributed by atoms with Crippen molar-refractivity contribution in [1.29, 1.82) is 0 Å². The molecule has 0 unspecified atom stereocenters. The standard InChI is InChI=1S/C12H13O3/c13-12(10-6-2-1-3-7-10)15-14-11-8-4-5-9-11/h1-3,6-7H,4-5,8-9H2. The number of carbonyl (C=O) groups excluding carboxylic acids is 1. The maximum absolute atomic E-state index is 11.4. The predicted octanol–water partition coefficient (Wildman–Crippen LogP) is 2.88. The van der Waals surface area contributed by atoms with Gasteiger partial charge in [-0.3, -0.25) is 4.89 Å². The van der Waals surface area contributed by atoms with E-state index in [1.54, 1.807) is 24.3 Å². The van der Waals surface area contributed by atoms with Gasteiger partial charge < -0.3 is 0 Å². The summed E-state index contributed by atoms with van der Waals surface area (Å²) in [5, 5.41) is 0. The quantitative estimate of drug-likeness (QED) is 0.562. The van der Waals surface area contributed by atoms with Crippen LogP contribution in [0.5, 0.6) is 0 Å². The summed E-state index contributed by atoms with van der Waals surface area (Å²) in [5.74, 6) is -0.435. The maximum atomic E-state index is 11.4. The molecule has 1 aromatic rings. The Morgan fingerprint density at radius 1 is 1.07 bits per heavy atom. The molecular weight excluding hydrogens is 192 g/mol. The highest BCUT2D eigenvalue weighted by atomic mass is 17.2. The highest BCUT2D eigenvalue weighted by Crippen LogP contribution is 2.27. The lowest BCUT2D eigenvalue weighted by Gasteiger charge is -2.07. The normalized spacial score (nSPS) is 16.5. The molecule has 1 fully saturated rings. The molecule has 0 N–H and O–H groups in total. The number of rotatable bonds is 3. The average molecular weight is 205 g/mol. The van der Waals surface area contributed by atoms with Crippen molar-refractivity contribution in [2.45, 2.75) is 25.7 Å². The highest BCUT2D eigenvalue weighted by Gasteiger charge is 2.20. The largest absolute Gasteiger partial charge is 0.373 e. The number of benzene rings is 1. The molecule has 0 atom stereocenters. The molecule has 0 aromatic heterocycles. The highest BCUT2D eigenvalue weighted by molar-refractivity contribution is 5.88. The molecule has 0 saturated heterocycles. The minimum absolute atomic E-state index is 0.435. The van der Waals surface area contributed by atoms with Crippen LogP contribution >= 0.6 is 0 Å². The summed E-state index contributed by atoms with van der Waals surface area (Å²) >= 11 is 0. The number of hydrogen-bond donors (Lipinski definition) is 0. The van der Waals surface area contributed by atoms with Crippen LogP contribution in [0.15, 0.2) is 30.3 Å². The molecule has 79 valence electrons. The van der Waals surface area contributed by atoms with Crippen molar-refractivity contribution in [1.82, 2.24) is 0 Å². The molecule has 2 rings (SSSR count). The fourth-order valence-electron chi connectivity index (χ4n) is 1.57. The lowest BCUT2D eigenvalue weighted by Crippen LogP contribution is -2.08. The van der Waals surface area contributed by atoms with Crippen molar-refractivity contribution in [3.8, 4) is 0 Å². The molecule has 0 heterocycles. The molecule has 1 aliphatic rings. The van der Waals surface area contributed by atoms with E-state index in [2.05, 4.69) is 0 Å². The molecule has 0 aliphatic heterocycles. The van der Waals surface area contributed by atoms with Gasteiger partial charge in [-0.25, -0.2) is 4.79 Å². The van der Waals surface area contributed by atoms with E-state index < -0.39 is 5.97 Å². The van der Waals surface area contributed by atoms with E-state index in [1.165, 1.54) is 0 Å². The molecule has 0 bridgehead atoms. The number of carbonyl (C=O) groups is 1. The molecule has 15 heavy (non-hydrogen) atoms. The topological polar surface area (TPSA) is 35.5 Å². The molecule has 3 nitrogen and oxygen atoms in total. The maximum Gasteiger partial charge on any atom is 0.373 e. The van der Waals surface area contributed by atoms with Gasteiger partial charge in [0.25, 0.3) is 0 Å². The number of hydrogen-bond acceptors (Lipinski definition) is 3. The van der Waals surface area contributed by atoms with Gasteiger partial charge in [0.1, 0.15) is 6.10 Å². The second-order valence-electron chi connectivity index (χ2n) is 3.57. The van der Waals surface area contributed by atoms with E-state index in [9.17, 15) is 4.79 Å². The summed E-state index contributed by atoms with van der Waals surface area (Å²) in [4.78, 5) is 21.2. The van der Waals surface area contributed by atoms with Gasteiger partial charge in [-0.15, -0.1) is 0 Å². The van der Waals surface area contributed by atoms with Crippen molar-refractivity contribution >= 4 is 5.97 Å². The predicted molar refractivity (Wildman–Crippen MR) is 54.7 cm³/mol. The smallest absolute Gasteiger partial charge is 0.292 e. The Hall–Kier alpha value is -1.35. The third-order valence-corrected chi connectivity index (χ3v) is 2.41. The minimum Gasteiger partial charge on any atom is -0.292 e. The third-order valence-electron chi connectivity index (χ3n) is 2.41. The Balaban J connectivity index is 1.82. The van der Waals surface area contributed by atoms with Crippen LogP contribution in [0.25, 0.3) is 0 Å². The van der Waals surface area contributed by atoms with E-state index >= 15 is 0 Å². The van der Waals surface area contributed by atoms with Gasteiger partial charge in [-0.1, -0.05) is 31.0 Å². The van der Waals surface area contributed by atoms with Gasteiger partial charge in [-0.05, 0) is 25.0 Å². The molecule has 3 heteroatoms. The van der Waals surface area contributed by atoms with Gasteiger partial charge in [0.15, 0.2) is 0 Å². The average Bonchev–Trinajstić information content (AvgIpc) is 2.80. The van der Waals surface area contributed by atoms with Crippen molar-refractivity contribution < 1.29 is 14.6 Å². The molecule has 1 saturated carbocycles. The summed E-state index contributed by atoms with van der Waals surface area (Å²) in [7, 11) is 0. The van der Waals surface area contributed by atoms with Crippen molar-refractivity contribution in [3.63, 3.8) is 0 Å². The van der Waals surface area contributed by atoms with E-state index in [0.717, 1.165) is 31.8 Å². The summed E-state index contributed by atoms with van der Waals surface area (Å²) in [6.45, 7) is 0. The second kappa shape index (κ2) is 4.94. The molecule has 0 spiro atoms. The van der Waals surface area contributed by atoms with Gasteiger partial charge >= 0.3 is 5.97 Å². The van der Waals surface area contributed by atoms with Crippen LogP contribution in [0.1, 0.15) is 36.0 Å². The molecule has 1 aromatic carbocycles. The van der Waals surface area contributed by atoms with Crippen molar-refractivity contribution in [3.05, 3.63) is 42.0 Å². The Morgan fingerprint density at radius 3 is 2.40 bits per heavy atom. The lowest BCUT2D eigenvalue weighted by atomic mass is 10.2. The third kappa shape index (κ3) is 2.80. The summed E-state index contributed by atoms with van der Waals surface area (Å²) in [6, 6.07) is 8.83. The van der Waals surface area contributed by atoms with Gasteiger partial charge in [0, 0.05) is 0 Å². The van der Waals surface area contributed by atoms with E-state index in [1.807, 2.05) is 6.07 Å². The molecule has 1 aliphatic carbocycles. The van der Waals surface area contributed by atoms with Crippen molar-refractivity contribution in [2.24, 2.45) is 0 Å². The van der Waals surface area contributed by atoms with Gasteiger partial charge in [0.05, 0.1) is 5.56 Å². The zero-order valence-electron chi connectivity index (χ0n) is 8.44. The zero-order valence-corrected chi connectivity index (χ0v) is 8.44. The SMILES string of the molecule is O=C(OO[C]1CCCC1)c1ccccc1. The van der Waals surface area contributed by atoms with Gasteiger partial charge in [0.2, 0.25) is 0 Å². The van der Waals surface area contributed by atoms with Crippen LogP contribution in [0.2, 0.25) is 0 Å². The summed E-state index contributed by atoms with van der Waals surface area (Å²) in [5.41, 5.74) is 0.510. The van der Waals surface area contributed by atoms with Crippen molar-refractivity contribution in [2.75, 3.05) is 0 Å². The Kier molecular flexibility index (Phi) is 3.35. The first kappa shape index (κ1) is 10.2. The Morgan fingerprint density at radius 2 is 1.73 bits per heavy atom. The Bertz CT molecular complexity index is 315. The molecular formula is C12H13O3. The fourth-order valence-corrected chi connectivity index (χ4v) is 1.57. The van der Waals surface area contributed by atoms with Crippen LogP contribution in [-0.4, -0.2) is 5.97 Å². The van der Waals surface area contributed by atoms with E-state index in [4.69, 9.17) is 9.78 Å². The molecule has 0 amide bonds. The van der Waals surface area contributed by atoms with Crippen LogP contribution in [-0.2, 0) is 9.78 Å². The van der Waals surface area contributed by atoms with Gasteiger partial charge in [-0.2, -0.15) is 4.89 Å². The summed E-state index contributed by atoms with van der Waals surface area (Å²) in [6.07, 6.45) is 4.93. The first-order chi connectivity index (χ1) is 7.36. The Labute approximate surface area is 88.9 Å². The molecule has 1 radical (unpaired) electrons. The minimum atomic E-state index is -0.435. The van der Waals surface area contributed by atoms with Crippen LogP contribution in [0.3, 0.4) is 0 Å². The van der Waals surface area contributed by atoms with E-state index in [0.29, 0.717) is 5.56 Å². The lowest BCUT2D eigenvalue weighted by molar-refractivity contribution is -0.234. The van der Waals surface area contributed by atoms with Crippen LogP contribution < -0.4 is 0 Å². The second-order valence-corrected chi connectivity index (χ2v) is 3.57. The first-order valence-electron chi connectivity index (χ1n) is 5.15. The summed E-state index contributed by atoms with van der Waals surface area (Å²) < 4.78 is 0. The monoisotopic (exact) mass is 205 g/mol.